The lowest BCUT2D eigenvalue weighted by Gasteiger charge is -2.29. The van der Waals surface area contributed by atoms with Gasteiger partial charge in [-0.3, -0.25) is 9.59 Å². The number of nitrogens with zero attached hydrogens (tertiary/aromatic N) is 2. The van der Waals surface area contributed by atoms with Crippen LogP contribution in [0, 0.1) is 11.8 Å². The molecule has 0 fully saturated rings. The number of nitrogens with one attached hydrogen (secondary N) is 3. The Labute approximate surface area is 283 Å². The van der Waals surface area contributed by atoms with E-state index in [-0.39, 0.29) is 30.0 Å². The molecule has 5 aromatic rings. The Morgan fingerprint density at radius 1 is 0.980 bits per heavy atom. The maximum Gasteiger partial charge on any atom is 0.249 e. The number of oxazole rings is 2. The number of carbonyl (C=O) groups excluding carboxylic acids is 2. The summed E-state index contributed by atoms with van der Waals surface area (Å²) in [5, 5.41) is 20.0. The van der Waals surface area contributed by atoms with E-state index in [0.717, 1.165) is 27.9 Å². The van der Waals surface area contributed by atoms with Crippen LogP contribution in [-0.2, 0) is 21.4 Å². The van der Waals surface area contributed by atoms with E-state index in [4.69, 9.17) is 23.5 Å². The number of hydrogen-bond acceptors (Lipinski definition) is 9. The molecule has 2 amide bonds. The van der Waals surface area contributed by atoms with Gasteiger partial charge in [0.25, 0.3) is 0 Å². The number of rotatable bonds is 6. The highest BCUT2D eigenvalue weighted by molar-refractivity contribution is 5.90. The number of aliphatic hydroxyl groups is 1. The number of aliphatic hydroxyl groups excluding tert-OH is 1. The van der Waals surface area contributed by atoms with Crippen LogP contribution in [0.5, 0.6) is 5.75 Å². The van der Waals surface area contributed by atoms with Gasteiger partial charge in [0.2, 0.25) is 23.6 Å². The van der Waals surface area contributed by atoms with E-state index in [1.54, 1.807) is 20.0 Å². The Balaban J connectivity index is 1.36. The molecule has 5 atom stereocenters. The second-order valence-corrected chi connectivity index (χ2v) is 13.6. The predicted molar refractivity (Wildman–Crippen MR) is 180 cm³/mol. The van der Waals surface area contributed by atoms with Gasteiger partial charge in [0.1, 0.15) is 29.4 Å². The number of anilines is 1. The van der Waals surface area contributed by atoms with Crippen LogP contribution in [-0.4, -0.2) is 45.3 Å². The summed E-state index contributed by atoms with van der Waals surface area (Å²) in [5.74, 6) is 0.700. The van der Waals surface area contributed by atoms with Gasteiger partial charge in [-0.15, -0.1) is 0 Å². The van der Waals surface area contributed by atoms with E-state index in [0.29, 0.717) is 23.0 Å². The molecular weight excluding hydrogens is 622 g/mol. The summed E-state index contributed by atoms with van der Waals surface area (Å²) in [6.45, 7) is 7.42. The van der Waals surface area contributed by atoms with E-state index in [1.807, 2.05) is 86.6 Å². The van der Waals surface area contributed by atoms with Crippen molar-refractivity contribution in [3.63, 3.8) is 0 Å². The molecule has 0 radical (unpaired) electrons. The highest BCUT2D eigenvalue weighted by Crippen LogP contribution is 2.59. The molecule has 2 unspecified atom stereocenters. The standard InChI is InChI=1S/C38H37N5O6/c1-19(2)29-36-43-30(35-39-18-28(47-35)22-10-6-5-7-11-22)32(49-36)38-23-12-8-9-13-25(23)41-37(38)48-27-15-14-21(16-24(27)38)17-26(33(45)42-29)40-34(46)31(44)20(3)4/h5-16,18-20,26,29,31,37,41,44H,17H2,1-4H3,(H,40,46)(H,42,45)/t26-,29-,31-,37?,38?/m0/s1. The molecule has 3 aliphatic rings. The minimum absolute atomic E-state index is 0.163. The summed E-state index contributed by atoms with van der Waals surface area (Å²) in [6.07, 6.45) is -0.0162. The van der Waals surface area contributed by atoms with Crippen molar-refractivity contribution >= 4 is 17.5 Å². The Morgan fingerprint density at radius 3 is 2.53 bits per heavy atom. The van der Waals surface area contributed by atoms with Gasteiger partial charge in [-0.05, 0) is 35.1 Å². The third kappa shape index (κ3) is 4.90. The van der Waals surface area contributed by atoms with Gasteiger partial charge in [0, 0.05) is 23.2 Å². The molecule has 11 heteroatoms. The molecule has 2 aromatic heterocycles. The maximum absolute atomic E-state index is 14.0. The van der Waals surface area contributed by atoms with Gasteiger partial charge in [0.05, 0.1) is 6.20 Å². The van der Waals surface area contributed by atoms with Gasteiger partial charge < -0.3 is 34.6 Å². The van der Waals surface area contributed by atoms with Crippen molar-refractivity contribution in [2.75, 3.05) is 5.32 Å². The largest absolute Gasteiger partial charge is 0.469 e. The fourth-order valence-electron chi connectivity index (χ4n) is 7.13. The Bertz CT molecular complexity index is 2070. The molecule has 3 aliphatic heterocycles. The van der Waals surface area contributed by atoms with Gasteiger partial charge >= 0.3 is 0 Å². The predicted octanol–water partition coefficient (Wildman–Crippen LogP) is 5.35. The maximum atomic E-state index is 14.0. The van der Waals surface area contributed by atoms with Crippen molar-refractivity contribution in [3.05, 3.63) is 107 Å². The second kappa shape index (κ2) is 11.6. The monoisotopic (exact) mass is 659 g/mol. The molecule has 4 bridgehead atoms. The second-order valence-electron chi connectivity index (χ2n) is 13.6. The van der Waals surface area contributed by atoms with Gasteiger partial charge in [-0.25, -0.2) is 9.97 Å². The third-order valence-corrected chi connectivity index (χ3v) is 9.72. The average Bonchev–Trinajstić information content (AvgIpc) is 3.87. The van der Waals surface area contributed by atoms with E-state index < -0.39 is 41.6 Å². The minimum atomic E-state index is -1.27. The van der Waals surface area contributed by atoms with Crippen LogP contribution in [0.3, 0.4) is 0 Å². The summed E-state index contributed by atoms with van der Waals surface area (Å²) < 4.78 is 19.9. The molecular formula is C38H37N5O6. The molecule has 5 heterocycles. The smallest absolute Gasteiger partial charge is 0.249 e. The minimum Gasteiger partial charge on any atom is -0.469 e. The Morgan fingerprint density at radius 2 is 1.76 bits per heavy atom. The lowest BCUT2D eigenvalue weighted by molar-refractivity contribution is -0.135. The molecule has 11 nitrogen and oxygen atoms in total. The highest BCUT2D eigenvalue weighted by Gasteiger charge is 2.61. The molecule has 1 spiro atoms. The first-order valence-electron chi connectivity index (χ1n) is 16.6. The zero-order chi connectivity index (χ0) is 34.0. The van der Waals surface area contributed by atoms with Crippen molar-refractivity contribution in [3.8, 4) is 28.7 Å². The van der Waals surface area contributed by atoms with Crippen LogP contribution in [0.15, 0.2) is 87.8 Å². The molecule has 0 saturated heterocycles. The normalized spacial score (nSPS) is 22.7. The molecule has 3 aromatic carbocycles. The van der Waals surface area contributed by atoms with E-state index in [2.05, 4.69) is 16.0 Å². The molecule has 250 valence electrons. The number of aromatic nitrogens is 2. The topological polar surface area (TPSA) is 152 Å². The Hall–Kier alpha value is -5.42. The summed E-state index contributed by atoms with van der Waals surface area (Å²) in [6, 6.07) is 21.8. The van der Waals surface area contributed by atoms with Gasteiger partial charge in [-0.1, -0.05) is 88.4 Å². The highest BCUT2D eigenvalue weighted by atomic mass is 16.5. The Kier molecular flexibility index (Phi) is 7.33. The van der Waals surface area contributed by atoms with E-state index in [1.165, 1.54) is 0 Å². The number of benzene rings is 3. The SMILES string of the molecule is CC(C)[C@H](O)C(=O)N[C@H]1Cc2ccc3c(c2)C2(c4ccccc4NC2O3)c2oc(nc2-c2ncc(-c3ccccc3)o2)[C@H](C(C)C)NC1=O. The first kappa shape index (κ1) is 30.9. The number of para-hydroxylation sites is 1. The first-order chi connectivity index (χ1) is 23.6. The molecule has 49 heavy (non-hydrogen) atoms. The third-order valence-electron chi connectivity index (χ3n) is 9.72. The molecule has 4 N–H and O–H groups in total. The van der Waals surface area contributed by atoms with Gasteiger partial charge in [0.15, 0.2) is 23.4 Å². The summed E-state index contributed by atoms with van der Waals surface area (Å²) in [5.41, 5.74) is 3.67. The lowest BCUT2D eigenvalue weighted by atomic mass is 9.72. The number of hydrogen-bond donors (Lipinski definition) is 4. The summed E-state index contributed by atoms with van der Waals surface area (Å²) >= 11 is 0. The van der Waals surface area contributed by atoms with Crippen molar-refractivity contribution in [2.24, 2.45) is 11.8 Å². The van der Waals surface area contributed by atoms with Crippen LogP contribution in [0.1, 0.15) is 62.1 Å². The van der Waals surface area contributed by atoms with Gasteiger partial charge in [-0.2, -0.15) is 0 Å². The van der Waals surface area contributed by atoms with Crippen molar-refractivity contribution in [2.45, 2.75) is 63.9 Å². The number of fused-ring (bicyclic) bond motifs is 4. The van der Waals surface area contributed by atoms with Crippen molar-refractivity contribution in [1.29, 1.82) is 0 Å². The number of ether oxygens (including phenoxy) is 1. The zero-order valence-corrected chi connectivity index (χ0v) is 27.6. The number of amides is 2. The summed E-state index contributed by atoms with van der Waals surface area (Å²) in [4.78, 5) is 36.9. The molecule has 8 rings (SSSR count). The van der Waals surface area contributed by atoms with Crippen LogP contribution in [0.2, 0.25) is 0 Å². The first-order valence-corrected chi connectivity index (χ1v) is 16.6. The molecule has 0 saturated carbocycles. The summed E-state index contributed by atoms with van der Waals surface area (Å²) in [7, 11) is 0. The fraction of sp³-hybridized carbons (Fsp3) is 0.316. The number of carbonyl (C=O) groups is 2. The van der Waals surface area contributed by atoms with Crippen LogP contribution in [0.25, 0.3) is 22.9 Å². The average molecular weight is 660 g/mol. The van der Waals surface area contributed by atoms with Crippen molar-refractivity contribution < 1.29 is 28.3 Å². The zero-order valence-electron chi connectivity index (χ0n) is 27.6. The van der Waals surface area contributed by atoms with Crippen molar-refractivity contribution in [1.82, 2.24) is 20.6 Å². The lowest BCUT2D eigenvalue weighted by Crippen LogP contribution is -2.52. The molecule has 0 aliphatic carbocycles. The van der Waals surface area contributed by atoms with Crippen LogP contribution < -0.4 is 20.7 Å². The van der Waals surface area contributed by atoms with Crippen LogP contribution in [0.4, 0.5) is 5.69 Å². The van der Waals surface area contributed by atoms with E-state index in [9.17, 15) is 14.7 Å². The van der Waals surface area contributed by atoms with Crippen LogP contribution >= 0.6 is 0 Å². The quantitative estimate of drug-likeness (QED) is 0.189. The van der Waals surface area contributed by atoms with E-state index >= 15 is 0 Å². The fourth-order valence-corrected chi connectivity index (χ4v) is 7.13.